The van der Waals surface area contributed by atoms with Crippen LogP contribution in [0.5, 0.6) is 5.75 Å². The van der Waals surface area contributed by atoms with Crippen molar-refractivity contribution in [2.75, 3.05) is 11.9 Å². The van der Waals surface area contributed by atoms with Gasteiger partial charge in [0.05, 0.1) is 23.9 Å². The van der Waals surface area contributed by atoms with E-state index in [9.17, 15) is 14.3 Å². The molecule has 0 aromatic heterocycles. The fourth-order valence-corrected chi connectivity index (χ4v) is 2.71. The molecule has 5 nitrogen and oxygen atoms in total. The first kappa shape index (κ1) is 16.5. The fourth-order valence-electron chi connectivity index (χ4n) is 2.71. The van der Waals surface area contributed by atoms with Crippen LogP contribution in [0.25, 0.3) is 0 Å². The Morgan fingerprint density at radius 2 is 2.09 bits per heavy atom. The number of hydrogen-bond acceptors (Lipinski definition) is 3. The minimum atomic E-state index is -0.582. The van der Waals surface area contributed by atoms with Crippen molar-refractivity contribution >= 4 is 11.7 Å². The highest BCUT2D eigenvalue weighted by atomic mass is 19.1. The zero-order chi connectivity index (χ0) is 16.2. The van der Waals surface area contributed by atoms with E-state index >= 15 is 0 Å². The number of urea groups is 1. The molecule has 3 N–H and O–H groups in total. The summed E-state index contributed by atoms with van der Waals surface area (Å²) in [5, 5.41) is 14.7. The maximum absolute atomic E-state index is 14.0. The number of ether oxygens (including phenoxy) is 1. The topological polar surface area (TPSA) is 70.6 Å². The van der Waals surface area contributed by atoms with Crippen molar-refractivity contribution in [2.24, 2.45) is 0 Å². The number of halogens is 1. The summed E-state index contributed by atoms with van der Waals surface area (Å²) in [7, 11) is 0. The van der Waals surface area contributed by atoms with Crippen LogP contribution in [0.4, 0.5) is 14.9 Å². The van der Waals surface area contributed by atoms with Crippen molar-refractivity contribution < 1.29 is 19.0 Å². The molecule has 122 valence electrons. The molecule has 0 atom stereocenters. The molecule has 1 aliphatic rings. The number of benzene rings is 1. The van der Waals surface area contributed by atoms with Gasteiger partial charge in [0.15, 0.2) is 0 Å². The van der Waals surface area contributed by atoms with Crippen molar-refractivity contribution in [1.29, 1.82) is 0 Å². The summed E-state index contributed by atoms with van der Waals surface area (Å²) in [6.45, 7) is 3.60. The van der Waals surface area contributed by atoms with E-state index in [1.807, 2.05) is 13.8 Å². The van der Waals surface area contributed by atoms with E-state index in [2.05, 4.69) is 10.6 Å². The quantitative estimate of drug-likeness (QED) is 0.783. The van der Waals surface area contributed by atoms with Gasteiger partial charge in [-0.3, -0.25) is 0 Å². The summed E-state index contributed by atoms with van der Waals surface area (Å²) < 4.78 is 19.4. The number of rotatable bonds is 5. The van der Waals surface area contributed by atoms with Gasteiger partial charge in [0.25, 0.3) is 0 Å². The van der Waals surface area contributed by atoms with Gasteiger partial charge in [-0.05, 0) is 38.8 Å². The number of hydrogen-bond donors (Lipinski definition) is 3. The number of amides is 2. The van der Waals surface area contributed by atoms with Crippen molar-refractivity contribution in [3.05, 3.63) is 24.0 Å². The summed E-state index contributed by atoms with van der Waals surface area (Å²) in [5.41, 5.74) is -0.499. The minimum Gasteiger partial charge on any atom is -0.491 e. The number of aliphatic hydroxyl groups excluding tert-OH is 1. The Balaban J connectivity index is 1.99. The lowest BCUT2D eigenvalue weighted by Gasteiger charge is -2.28. The van der Waals surface area contributed by atoms with Crippen LogP contribution in [0, 0.1) is 5.82 Å². The number of anilines is 1. The molecule has 0 heterocycles. The lowest BCUT2D eigenvalue weighted by molar-refractivity contribution is 0.167. The monoisotopic (exact) mass is 310 g/mol. The van der Waals surface area contributed by atoms with E-state index in [4.69, 9.17) is 4.74 Å². The molecule has 0 saturated heterocycles. The first-order chi connectivity index (χ1) is 10.4. The molecule has 0 spiro atoms. The average Bonchev–Trinajstić information content (AvgIpc) is 2.90. The molecule has 0 radical (unpaired) electrons. The standard InChI is InChI=1S/C16H23FN2O3/c1-11(2)22-12-5-6-14(13(17)9-12)18-15(21)19-16(10-20)7-3-4-8-16/h5-6,9,11,20H,3-4,7-8,10H2,1-2H3,(H2,18,19,21). The maximum atomic E-state index is 14.0. The number of nitrogens with one attached hydrogen (secondary N) is 2. The van der Waals surface area contributed by atoms with E-state index in [1.54, 1.807) is 6.07 Å². The second kappa shape index (κ2) is 6.96. The number of carbonyl (C=O) groups is 1. The van der Waals surface area contributed by atoms with E-state index in [1.165, 1.54) is 12.1 Å². The van der Waals surface area contributed by atoms with Crippen LogP contribution in [0.15, 0.2) is 18.2 Å². The second-order valence-electron chi connectivity index (χ2n) is 6.03. The van der Waals surface area contributed by atoms with Crippen LogP contribution in [0.1, 0.15) is 39.5 Å². The first-order valence-electron chi connectivity index (χ1n) is 7.60. The molecule has 0 aliphatic heterocycles. The third-order valence-corrected chi connectivity index (χ3v) is 3.80. The first-order valence-corrected chi connectivity index (χ1v) is 7.60. The molecule has 22 heavy (non-hydrogen) atoms. The van der Waals surface area contributed by atoms with Gasteiger partial charge < -0.3 is 20.5 Å². The predicted octanol–water partition coefficient (Wildman–Crippen LogP) is 3.04. The van der Waals surface area contributed by atoms with Crippen LogP contribution < -0.4 is 15.4 Å². The minimum absolute atomic E-state index is 0.0479. The van der Waals surface area contributed by atoms with Crippen LogP contribution in [0.2, 0.25) is 0 Å². The summed E-state index contributed by atoms with van der Waals surface area (Å²) in [6.07, 6.45) is 3.36. The maximum Gasteiger partial charge on any atom is 0.319 e. The van der Waals surface area contributed by atoms with Crippen LogP contribution >= 0.6 is 0 Å². The molecule has 0 unspecified atom stereocenters. The number of carbonyl (C=O) groups excluding carboxylic acids is 1. The van der Waals surface area contributed by atoms with Gasteiger partial charge in [0, 0.05) is 6.07 Å². The molecule has 2 rings (SSSR count). The summed E-state index contributed by atoms with van der Waals surface area (Å²) in [4.78, 5) is 12.0. The normalized spacial score (nSPS) is 16.6. The predicted molar refractivity (Wildman–Crippen MR) is 82.6 cm³/mol. The Labute approximate surface area is 129 Å². The zero-order valence-corrected chi connectivity index (χ0v) is 13.0. The highest BCUT2D eigenvalue weighted by molar-refractivity contribution is 5.90. The van der Waals surface area contributed by atoms with Gasteiger partial charge in [-0.25, -0.2) is 9.18 Å². The van der Waals surface area contributed by atoms with E-state index in [0.717, 1.165) is 25.7 Å². The van der Waals surface area contributed by atoms with E-state index in [-0.39, 0.29) is 18.4 Å². The Bertz CT molecular complexity index is 528. The van der Waals surface area contributed by atoms with Gasteiger partial charge >= 0.3 is 6.03 Å². The Morgan fingerprint density at radius 3 is 2.64 bits per heavy atom. The van der Waals surface area contributed by atoms with Gasteiger partial charge in [-0.1, -0.05) is 12.8 Å². The second-order valence-corrected chi connectivity index (χ2v) is 6.03. The fraction of sp³-hybridized carbons (Fsp3) is 0.562. The largest absolute Gasteiger partial charge is 0.491 e. The molecule has 1 fully saturated rings. The molecular weight excluding hydrogens is 287 g/mol. The van der Waals surface area contributed by atoms with Crippen molar-refractivity contribution in [2.45, 2.75) is 51.2 Å². The number of aliphatic hydroxyl groups is 1. The third-order valence-electron chi connectivity index (χ3n) is 3.80. The Kier molecular flexibility index (Phi) is 5.24. The molecule has 6 heteroatoms. The molecule has 1 aromatic carbocycles. The van der Waals surface area contributed by atoms with Crippen LogP contribution in [0.3, 0.4) is 0 Å². The van der Waals surface area contributed by atoms with Crippen molar-refractivity contribution in [1.82, 2.24) is 5.32 Å². The smallest absolute Gasteiger partial charge is 0.319 e. The van der Waals surface area contributed by atoms with Gasteiger partial charge in [-0.15, -0.1) is 0 Å². The average molecular weight is 310 g/mol. The molecule has 2 amide bonds. The van der Waals surface area contributed by atoms with E-state index in [0.29, 0.717) is 5.75 Å². The highest BCUT2D eigenvalue weighted by Gasteiger charge is 2.34. The highest BCUT2D eigenvalue weighted by Crippen LogP contribution is 2.29. The van der Waals surface area contributed by atoms with Gasteiger partial charge in [0.2, 0.25) is 0 Å². The molecule has 1 aliphatic carbocycles. The molecular formula is C16H23FN2O3. The Hall–Kier alpha value is -1.82. The van der Waals surface area contributed by atoms with Crippen LogP contribution in [-0.4, -0.2) is 29.4 Å². The molecule has 0 bridgehead atoms. The van der Waals surface area contributed by atoms with Crippen molar-refractivity contribution in [3.8, 4) is 5.75 Å². The zero-order valence-electron chi connectivity index (χ0n) is 13.0. The van der Waals surface area contributed by atoms with Crippen molar-refractivity contribution in [3.63, 3.8) is 0 Å². The summed E-state index contributed by atoms with van der Waals surface area (Å²) in [5.74, 6) is -0.140. The van der Waals surface area contributed by atoms with Gasteiger partial charge in [-0.2, -0.15) is 0 Å². The molecule has 1 saturated carbocycles. The lowest BCUT2D eigenvalue weighted by Crippen LogP contribution is -2.50. The third kappa shape index (κ3) is 4.10. The van der Waals surface area contributed by atoms with Crippen LogP contribution in [-0.2, 0) is 0 Å². The van der Waals surface area contributed by atoms with E-state index < -0.39 is 17.4 Å². The summed E-state index contributed by atoms with van der Waals surface area (Å²) >= 11 is 0. The Morgan fingerprint density at radius 1 is 1.41 bits per heavy atom. The molecule has 1 aromatic rings. The SMILES string of the molecule is CC(C)Oc1ccc(NC(=O)NC2(CO)CCCC2)c(F)c1. The summed E-state index contributed by atoms with van der Waals surface area (Å²) in [6, 6.07) is 3.81. The lowest BCUT2D eigenvalue weighted by atomic mass is 9.99. The van der Waals surface area contributed by atoms with Gasteiger partial charge in [0.1, 0.15) is 11.6 Å².